The van der Waals surface area contributed by atoms with Crippen LogP contribution in [-0.2, 0) is 22.0 Å². The number of halogens is 1. The van der Waals surface area contributed by atoms with Gasteiger partial charge in [0.2, 0.25) is 0 Å². The Hall–Kier alpha value is -4.03. The van der Waals surface area contributed by atoms with Crippen LogP contribution in [0, 0.1) is 11.3 Å². The number of pyridine rings is 3. The van der Waals surface area contributed by atoms with E-state index in [0.717, 1.165) is 54.9 Å². The molecule has 6 rings (SSSR count). The van der Waals surface area contributed by atoms with Gasteiger partial charge in [0.1, 0.15) is 11.6 Å². The number of aromatic nitrogens is 5. The minimum Gasteiger partial charge on any atom is -0.362 e. The normalized spacial score (nSPS) is 20.2. The molecule has 0 aliphatic carbocycles. The summed E-state index contributed by atoms with van der Waals surface area (Å²) in [6, 6.07) is 14.1. The number of amides is 1. The number of aryl methyl sites for hydroxylation is 1. The minimum absolute atomic E-state index is 0. The van der Waals surface area contributed by atoms with Crippen LogP contribution in [0.3, 0.4) is 0 Å². The number of fused-ring (bicyclic) bond motifs is 6. The summed E-state index contributed by atoms with van der Waals surface area (Å²) >= 11 is 0. The molecule has 0 spiro atoms. The molecule has 1 unspecified atom stereocenters. The van der Waals surface area contributed by atoms with Gasteiger partial charge in [0.15, 0.2) is 5.03 Å². The topological polar surface area (TPSA) is 135 Å². The first-order valence-electron chi connectivity index (χ1n) is 17.5. The Balaban J connectivity index is 0.00000504. The second-order valence-electron chi connectivity index (χ2n) is 16.6. The van der Waals surface area contributed by atoms with Gasteiger partial charge in [-0.1, -0.05) is 47.6 Å². The molecule has 0 aromatic carbocycles. The standard InChI is InChI=1S/C38H50N8O3S.ClH/c1-36(2,3)19-21-45-20-18-28(43-45)26-13-16-29(39-23-26)30-15-12-25-22-38(7,8)46(24-25)34-27(14-17-31(41-34)37(4,5)6)35(47)44-50(48,49)33-11-9-10-32(40-30)42-33;/h9-11,13-14,16-18,20,23,25,30H,12,15,19,21-22,24H2,1-8H3,(H,40,42)(H,44,47);1H/t25-,30?;/m0./s1. The van der Waals surface area contributed by atoms with Crippen LogP contribution in [-0.4, -0.2) is 51.1 Å². The van der Waals surface area contributed by atoms with E-state index in [0.29, 0.717) is 24.1 Å². The van der Waals surface area contributed by atoms with Crippen molar-refractivity contribution >= 4 is 40.0 Å². The van der Waals surface area contributed by atoms with Gasteiger partial charge in [-0.15, -0.1) is 12.4 Å². The van der Waals surface area contributed by atoms with Gasteiger partial charge in [0.25, 0.3) is 15.9 Å². The largest absolute Gasteiger partial charge is 0.362 e. The summed E-state index contributed by atoms with van der Waals surface area (Å²) in [6.45, 7) is 18.8. The maximum absolute atomic E-state index is 13.7. The van der Waals surface area contributed by atoms with E-state index in [4.69, 9.17) is 15.1 Å². The highest BCUT2D eigenvalue weighted by Crippen LogP contribution is 2.41. The Morgan fingerprint density at radius 2 is 1.73 bits per heavy atom. The van der Waals surface area contributed by atoms with Crippen LogP contribution in [0.1, 0.15) is 109 Å². The number of rotatable bonds is 4. The molecule has 1 amide bonds. The number of nitrogens with zero attached hydrogens (tertiary/aromatic N) is 6. The van der Waals surface area contributed by atoms with Gasteiger partial charge in [0.05, 0.1) is 23.0 Å². The van der Waals surface area contributed by atoms with E-state index >= 15 is 0 Å². The molecule has 11 nitrogen and oxygen atoms in total. The molecular weight excluding hydrogens is 684 g/mol. The van der Waals surface area contributed by atoms with Crippen molar-refractivity contribution in [2.45, 2.75) is 110 Å². The van der Waals surface area contributed by atoms with E-state index in [1.54, 1.807) is 18.2 Å². The van der Waals surface area contributed by atoms with Crippen molar-refractivity contribution in [2.24, 2.45) is 11.3 Å². The van der Waals surface area contributed by atoms with Crippen molar-refractivity contribution in [3.63, 3.8) is 0 Å². The number of anilines is 2. The third-order valence-electron chi connectivity index (χ3n) is 9.69. The smallest absolute Gasteiger partial charge is 0.281 e. The third kappa shape index (κ3) is 8.72. The number of carbonyl (C=O) groups excluding carboxylic acids is 1. The molecule has 13 heteroatoms. The van der Waals surface area contributed by atoms with Crippen molar-refractivity contribution < 1.29 is 13.2 Å². The van der Waals surface area contributed by atoms with Gasteiger partial charge >= 0.3 is 0 Å². The maximum atomic E-state index is 13.7. The predicted octanol–water partition coefficient (Wildman–Crippen LogP) is 7.56. The van der Waals surface area contributed by atoms with Gasteiger partial charge in [0, 0.05) is 47.7 Å². The summed E-state index contributed by atoms with van der Waals surface area (Å²) in [5, 5.41) is 8.00. The molecule has 1 fully saturated rings. The zero-order valence-electron chi connectivity index (χ0n) is 30.9. The first-order valence-corrected chi connectivity index (χ1v) is 19.0. The number of nitrogens with one attached hydrogen (secondary N) is 2. The molecule has 2 aliphatic rings. The van der Waals surface area contributed by atoms with E-state index in [1.807, 2.05) is 41.3 Å². The number of hydrogen-bond donors (Lipinski definition) is 2. The molecule has 51 heavy (non-hydrogen) atoms. The van der Waals surface area contributed by atoms with Gasteiger partial charge in [-0.25, -0.2) is 14.7 Å². The lowest BCUT2D eigenvalue weighted by Gasteiger charge is -2.34. The number of hydrogen-bond acceptors (Lipinski definition) is 9. The van der Waals surface area contributed by atoms with Gasteiger partial charge in [-0.3, -0.25) is 14.5 Å². The maximum Gasteiger partial charge on any atom is 0.281 e. The summed E-state index contributed by atoms with van der Waals surface area (Å²) in [5.74, 6) is 0.453. The second kappa shape index (κ2) is 14.2. The van der Waals surface area contributed by atoms with Gasteiger partial charge in [-0.05, 0) is 93.3 Å². The lowest BCUT2D eigenvalue weighted by Crippen LogP contribution is -2.41. The van der Waals surface area contributed by atoms with Crippen LogP contribution in [0.25, 0.3) is 11.3 Å². The fraction of sp³-hybridized carbons (Fsp3) is 0.500. The summed E-state index contributed by atoms with van der Waals surface area (Å²) < 4.78 is 31.4. The zero-order valence-corrected chi connectivity index (χ0v) is 32.5. The molecule has 2 atom stereocenters. The second-order valence-corrected chi connectivity index (χ2v) is 18.3. The van der Waals surface area contributed by atoms with E-state index in [1.165, 1.54) is 6.07 Å². The van der Waals surface area contributed by atoms with Crippen LogP contribution >= 0.6 is 12.4 Å². The Morgan fingerprint density at radius 3 is 2.41 bits per heavy atom. The van der Waals surface area contributed by atoms with Crippen LogP contribution in [0.5, 0.6) is 0 Å². The average molecular weight is 735 g/mol. The molecule has 1 saturated heterocycles. The van der Waals surface area contributed by atoms with Crippen LogP contribution in [0.15, 0.2) is 66.0 Å². The molecule has 4 aromatic heterocycles. The Bertz CT molecular complexity index is 1980. The van der Waals surface area contributed by atoms with Gasteiger partial charge < -0.3 is 10.2 Å². The number of sulfonamides is 1. The highest BCUT2D eigenvalue weighted by Gasteiger charge is 2.41. The van der Waals surface area contributed by atoms with Crippen LogP contribution < -0.4 is 14.9 Å². The molecule has 2 N–H and O–H groups in total. The Labute approximate surface area is 308 Å². The van der Waals surface area contributed by atoms with Crippen molar-refractivity contribution in [1.29, 1.82) is 0 Å². The summed E-state index contributed by atoms with van der Waals surface area (Å²) in [4.78, 5) is 30.3. The predicted molar refractivity (Wildman–Crippen MR) is 204 cm³/mol. The van der Waals surface area contributed by atoms with Crippen molar-refractivity contribution in [3.8, 4) is 11.3 Å². The molecule has 4 bridgehead atoms. The molecule has 4 aromatic rings. The van der Waals surface area contributed by atoms with E-state index in [-0.39, 0.29) is 45.4 Å². The first-order chi connectivity index (χ1) is 23.4. The first kappa shape index (κ1) is 38.2. The minimum atomic E-state index is -4.30. The van der Waals surface area contributed by atoms with Crippen LogP contribution in [0.2, 0.25) is 0 Å². The van der Waals surface area contributed by atoms with Crippen molar-refractivity contribution in [1.82, 2.24) is 29.5 Å². The molecule has 274 valence electrons. The SMILES string of the molecule is CC(C)(C)CCn1ccc(-c2ccc(C3CC[C@@H]4CN(c5nc(C(C)(C)C)ccc5C(=O)NS(=O)(=O)c5cccc(n5)N3)C(C)(C)C4)nc2)n1.Cl. The Kier molecular flexibility index (Phi) is 10.6. The zero-order chi connectivity index (χ0) is 36.1. The fourth-order valence-corrected chi connectivity index (χ4v) is 7.74. The molecule has 6 heterocycles. The third-order valence-corrected chi connectivity index (χ3v) is 10.9. The Morgan fingerprint density at radius 1 is 0.961 bits per heavy atom. The molecule has 0 radical (unpaired) electrons. The van der Waals surface area contributed by atoms with Gasteiger partial charge in [-0.2, -0.15) is 13.5 Å². The number of carbonyl (C=O) groups is 1. The van der Waals surface area contributed by atoms with E-state index in [2.05, 4.69) is 75.3 Å². The molecule has 2 aliphatic heterocycles. The van der Waals surface area contributed by atoms with E-state index in [9.17, 15) is 13.2 Å². The lowest BCUT2D eigenvalue weighted by atomic mass is 9.90. The van der Waals surface area contributed by atoms with Crippen LogP contribution in [0.4, 0.5) is 11.6 Å². The van der Waals surface area contributed by atoms with Crippen molar-refractivity contribution in [3.05, 3.63) is 77.9 Å². The van der Waals surface area contributed by atoms with Crippen molar-refractivity contribution in [2.75, 3.05) is 16.8 Å². The summed E-state index contributed by atoms with van der Waals surface area (Å²) in [5.41, 5.74) is 3.31. The quantitative estimate of drug-likeness (QED) is 0.218. The fourth-order valence-electron chi connectivity index (χ4n) is 6.80. The average Bonchev–Trinajstić information content (AvgIpc) is 3.64. The highest BCUT2D eigenvalue weighted by atomic mass is 35.5. The monoisotopic (exact) mass is 734 g/mol. The molecule has 0 saturated carbocycles. The summed E-state index contributed by atoms with van der Waals surface area (Å²) in [6.07, 6.45) is 7.38. The summed E-state index contributed by atoms with van der Waals surface area (Å²) in [7, 11) is -4.30. The molecular formula is C38H51ClN8O3S. The lowest BCUT2D eigenvalue weighted by molar-refractivity contribution is 0.0981. The van der Waals surface area contributed by atoms with E-state index < -0.39 is 15.9 Å². The highest BCUT2D eigenvalue weighted by molar-refractivity contribution is 7.90.